The summed E-state index contributed by atoms with van der Waals surface area (Å²) in [7, 11) is 0. The van der Waals surface area contributed by atoms with E-state index in [9.17, 15) is 13.2 Å². The molecule has 1 fully saturated rings. The molecule has 1 atom stereocenters. The number of nitrogens with one attached hydrogen (secondary N) is 1. The Kier molecular flexibility index (Phi) is 8.42. The summed E-state index contributed by atoms with van der Waals surface area (Å²) in [5, 5.41) is 3.14. The average Bonchev–Trinajstić information content (AvgIpc) is 2.37. The molecule has 0 unspecified atom stereocenters. The molecule has 0 bridgehead atoms. The molecule has 1 aliphatic rings. The van der Waals surface area contributed by atoms with E-state index in [4.69, 9.17) is 0 Å². The third kappa shape index (κ3) is 5.83. The summed E-state index contributed by atoms with van der Waals surface area (Å²) < 4.78 is 38.0. The maximum atomic E-state index is 12.7. The fraction of sp³-hybridized carbons (Fsp3) is 0.583. The average molecular weight is 332 g/mol. The van der Waals surface area contributed by atoms with E-state index in [2.05, 4.69) is 10.3 Å². The molecule has 2 heterocycles. The van der Waals surface area contributed by atoms with Gasteiger partial charge in [-0.3, -0.25) is 9.88 Å². The monoisotopic (exact) mass is 331 g/mol. The first-order valence-electron chi connectivity index (χ1n) is 5.99. The summed E-state index contributed by atoms with van der Waals surface area (Å²) in [6.07, 6.45) is -3.47. The molecule has 1 aromatic rings. The standard InChI is InChI=1S/C12H16F3N3.2ClH/c13-12(14,15)9-11(10-3-1-2-4-17-10)18-7-5-16-6-8-18;;/h1-4,11,16H,5-9H2;2*1H/t11-;;/m1../s1. The van der Waals surface area contributed by atoms with Gasteiger partial charge in [0.15, 0.2) is 0 Å². The van der Waals surface area contributed by atoms with E-state index in [0.717, 1.165) is 13.1 Å². The van der Waals surface area contributed by atoms with Crippen LogP contribution in [0.2, 0.25) is 0 Å². The first kappa shape index (κ1) is 19.4. The van der Waals surface area contributed by atoms with Crippen LogP contribution < -0.4 is 5.32 Å². The summed E-state index contributed by atoms with van der Waals surface area (Å²) in [6.45, 7) is 2.69. The quantitative estimate of drug-likeness (QED) is 0.923. The summed E-state index contributed by atoms with van der Waals surface area (Å²) in [6, 6.07) is 4.44. The lowest BCUT2D eigenvalue weighted by Crippen LogP contribution is -2.46. The molecule has 0 radical (unpaired) electrons. The zero-order valence-corrected chi connectivity index (χ0v) is 12.4. The minimum atomic E-state index is -4.17. The van der Waals surface area contributed by atoms with Crippen LogP contribution in [0.1, 0.15) is 18.2 Å². The molecule has 0 amide bonds. The van der Waals surface area contributed by atoms with Crippen LogP contribution in [0.3, 0.4) is 0 Å². The van der Waals surface area contributed by atoms with Gasteiger partial charge < -0.3 is 5.32 Å². The molecule has 0 saturated carbocycles. The first-order chi connectivity index (χ1) is 8.56. The van der Waals surface area contributed by atoms with Gasteiger partial charge in [0.2, 0.25) is 0 Å². The Hall–Kier alpha value is -0.560. The van der Waals surface area contributed by atoms with Crippen molar-refractivity contribution in [1.29, 1.82) is 0 Å². The van der Waals surface area contributed by atoms with Crippen LogP contribution in [0, 0.1) is 0 Å². The maximum absolute atomic E-state index is 12.7. The van der Waals surface area contributed by atoms with Gasteiger partial charge in [0.25, 0.3) is 0 Å². The van der Waals surface area contributed by atoms with Crippen molar-refractivity contribution in [2.24, 2.45) is 0 Å². The minimum Gasteiger partial charge on any atom is -0.314 e. The zero-order valence-electron chi connectivity index (χ0n) is 10.8. The van der Waals surface area contributed by atoms with Crippen LogP contribution in [-0.2, 0) is 0 Å². The number of nitrogens with zero attached hydrogens (tertiary/aromatic N) is 2. The fourth-order valence-corrected chi connectivity index (χ4v) is 2.21. The molecule has 1 N–H and O–H groups in total. The number of hydrogen-bond acceptors (Lipinski definition) is 3. The molecule has 1 aromatic heterocycles. The SMILES string of the molecule is Cl.Cl.FC(F)(F)C[C@H](c1ccccn1)N1CCNCC1. The Morgan fingerprint density at radius 3 is 2.35 bits per heavy atom. The van der Waals surface area contributed by atoms with Gasteiger partial charge in [0.05, 0.1) is 18.2 Å². The van der Waals surface area contributed by atoms with Crippen molar-refractivity contribution in [2.45, 2.75) is 18.6 Å². The molecule has 2 rings (SSSR count). The van der Waals surface area contributed by atoms with Crippen molar-refractivity contribution in [3.05, 3.63) is 30.1 Å². The largest absolute Gasteiger partial charge is 0.391 e. The number of halogens is 5. The lowest BCUT2D eigenvalue weighted by atomic mass is 10.1. The predicted molar refractivity (Wildman–Crippen MR) is 76.6 cm³/mol. The molecule has 0 spiro atoms. The number of piperazine rings is 1. The highest BCUT2D eigenvalue weighted by Crippen LogP contribution is 2.32. The molecule has 0 aliphatic carbocycles. The van der Waals surface area contributed by atoms with Crippen LogP contribution in [0.4, 0.5) is 13.2 Å². The lowest BCUT2D eigenvalue weighted by Gasteiger charge is -2.35. The Morgan fingerprint density at radius 2 is 1.85 bits per heavy atom. The molecule has 0 aromatic carbocycles. The molecule has 1 saturated heterocycles. The summed E-state index contributed by atoms with van der Waals surface area (Å²) in [5.41, 5.74) is 0.497. The number of pyridine rings is 1. The van der Waals surface area contributed by atoms with Crippen molar-refractivity contribution < 1.29 is 13.2 Å². The first-order valence-corrected chi connectivity index (χ1v) is 5.99. The van der Waals surface area contributed by atoms with E-state index in [1.807, 2.05) is 4.90 Å². The number of alkyl halides is 3. The Balaban J connectivity index is 0.00000180. The minimum absolute atomic E-state index is 0. The van der Waals surface area contributed by atoms with Gasteiger partial charge in [0, 0.05) is 32.4 Å². The number of aromatic nitrogens is 1. The molecular weight excluding hydrogens is 314 g/mol. The predicted octanol–water partition coefficient (Wildman–Crippen LogP) is 2.82. The van der Waals surface area contributed by atoms with Crippen LogP contribution >= 0.6 is 24.8 Å². The summed E-state index contributed by atoms with van der Waals surface area (Å²) in [5.74, 6) is 0. The lowest BCUT2D eigenvalue weighted by molar-refractivity contribution is -0.149. The Morgan fingerprint density at radius 1 is 1.20 bits per heavy atom. The topological polar surface area (TPSA) is 28.2 Å². The molecule has 20 heavy (non-hydrogen) atoms. The van der Waals surface area contributed by atoms with Gasteiger partial charge in [-0.15, -0.1) is 24.8 Å². The normalized spacial score (nSPS) is 17.8. The number of rotatable bonds is 3. The molecule has 116 valence electrons. The van der Waals surface area contributed by atoms with Crippen LogP contribution in [0.25, 0.3) is 0 Å². The highest BCUT2D eigenvalue weighted by Gasteiger charge is 2.36. The second-order valence-electron chi connectivity index (χ2n) is 4.38. The maximum Gasteiger partial charge on any atom is 0.391 e. The smallest absolute Gasteiger partial charge is 0.314 e. The third-order valence-electron chi connectivity index (χ3n) is 3.05. The van der Waals surface area contributed by atoms with Crippen molar-refractivity contribution in [2.75, 3.05) is 26.2 Å². The molecule has 8 heteroatoms. The van der Waals surface area contributed by atoms with Crippen molar-refractivity contribution in [1.82, 2.24) is 15.2 Å². The Labute approximate surface area is 128 Å². The zero-order chi connectivity index (χ0) is 13.0. The van der Waals surface area contributed by atoms with Gasteiger partial charge in [-0.25, -0.2) is 0 Å². The van der Waals surface area contributed by atoms with Crippen molar-refractivity contribution in [3.63, 3.8) is 0 Å². The van der Waals surface area contributed by atoms with E-state index in [0.29, 0.717) is 18.8 Å². The van der Waals surface area contributed by atoms with E-state index in [1.165, 1.54) is 0 Å². The van der Waals surface area contributed by atoms with E-state index in [-0.39, 0.29) is 24.8 Å². The van der Waals surface area contributed by atoms with Gasteiger partial charge in [0.1, 0.15) is 0 Å². The van der Waals surface area contributed by atoms with Crippen LogP contribution in [0.15, 0.2) is 24.4 Å². The Bertz CT molecular complexity index is 370. The highest BCUT2D eigenvalue weighted by molar-refractivity contribution is 5.85. The van der Waals surface area contributed by atoms with Gasteiger partial charge >= 0.3 is 6.18 Å². The van der Waals surface area contributed by atoms with Gasteiger partial charge in [-0.05, 0) is 12.1 Å². The molecule has 1 aliphatic heterocycles. The van der Waals surface area contributed by atoms with Gasteiger partial charge in [-0.1, -0.05) is 6.07 Å². The second kappa shape index (κ2) is 8.67. The number of hydrogen-bond donors (Lipinski definition) is 1. The van der Waals surface area contributed by atoms with Crippen molar-refractivity contribution >= 4 is 24.8 Å². The summed E-state index contributed by atoms with van der Waals surface area (Å²) >= 11 is 0. The molecule has 3 nitrogen and oxygen atoms in total. The molecular formula is C12H18Cl2F3N3. The fourth-order valence-electron chi connectivity index (χ4n) is 2.21. The van der Waals surface area contributed by atoms with E-state index in [1.54, 1.807) is 24.4 Å². The van der Waals surface area contributed by atoms with Crippen LogP contribution in [0.5, 0.6) is 0 Å². The van der Waals surface area contributed by atoms with Crippen LogP contribution in [-0.4, -0.2) is 42.2 Å². The summed E-state index contributed by atoms with van der Waals surface area (Å²) in [4.78, 5) is 5.93. The third-order valence-corrected chi connectivity index (χ3v) is 3.05. The van der Waals surface area contributed by atoms with Crippen molar-refractivity contribution in [3.8, 4) is 0 Å². The van der Waals surface area contributed by atoms with E-state index >= 15 is 0 Å². The highest BCUT2D eigenvalue weighted by atomic mass is 35.5. The van der Waals surface area contributed by atoms with Gasteiger partial charge in [-0.2, -0.15) is 13.2 Å². The van der Waals surface area contributed by atoms with E-state index < -0.39 is 18.6 Å². The second-order valence-corrected chi connectivity index (χ2v) is 4.38.